The maximum atomic E-state index is 14.7. The average molecular weight is 591 g/mol. The summed E-state index contributed by atoms with van der Waals surface area (Å²) in [6, 6.07) is 19.6. The molecule has 2 atom stereocenters. The number of urea groups is 1. The number of para-hydroxylation sites is 2. The van der Waals surface area contributed by atoms with Crippen molar-refractivity contribution in [2.75, 3.05) is 14.1 Å². The van der Waals surface area contributed by atoms with E-state index < -0.39 is 57.9 Å². The molecule has 1 fully saturated rings. The molecule has 0 radical (unpaired) electrons. The first-order chi connectivity index (χ1) is 21.0. The van der Waals surface area contributed by atoms with Gasteiger partial charge in [-0.1, -0.05) is 36.4 Å². The molecule has 2 unspecified atom stereocenters. The zero-order valence-electron chi connectivity index (χ0n) is 24.2. The Morgan fingerprint density at radius 2 is 1.36 bits per heavy atom. The van der Waals surface area contributed by atoms with Crippen molar-refractivity contribution < 1.29 is 24.1 Å². The molecule has 7 rings (SSSR count). The number of rotatable bonds is 2. The van der Waals surface area contributed by atoms with Gasteiger partial charge in [-0.25, -0.2) is 14.6 Å². The highest BCUT2D eigenvalue weighted by atomic mass is 16.3. The van der Waals surface area contributed by atoms with Gasteiger partial charge in [-0.3, -0.25) is 28.8 Å². The van der Waals surface area contributed by atoms with E-state index in [1.165, 1.54) is 28.2 Å². The number of imide groups is 2. The molecule has 2 aliphatic heterocycles. The Hall–Kier alpha value is -5.65. The Kier molecular flexibility index (Phi) is 5.67. The van der Waals surface area contributed by atoms with Gasteiger partial charge in [0.25, 0.3) is 17.4 Å². The van der Waals surface area contributed by atoms with Crippen molar-refractivity contribution >= 4 is 39.7 Å². The summed E-state index contributed by atoms with van der Waals surface area (Å²) in [5, 5.41) is 15.5. The molecule has 5 heterocycles. The number of carbonyl (C=O) groups excluding carboxylic acids is 3. The van der Waals surface area contributed by atoms with Crippen molar-refractivity contribution in [1.29, 1.82) is 0 Å². The van der Waals surface area contributed by atoms with Crippen molar-refractivity contribution in [3.8, 4) is 5.88 Å². The van der Waals surface area contributed by atoms with E-state index in [9.17, 15) is 29.1 Å². The smallest absolute Gasteiger partial charge is 0.332 e. The lowest BCUT2D eigenvalue weighted by Gasteiger charge is -2.42. The van der Waals surface area contributed by atoms with Gasteiger partial charge in [-0.05, 0) is 30.1 Å². The summed E-state index contributed by atoms with van der Waals surface area (Å²) in [4.78, 5) is 75.9. The molecule has 12 heteroatoms. The second-order valence-electron chi connectivity index (χ2n) is 11.3. The molecule has 0 saturated carbocycles. The fourth-order valence-corrected chi connectivity index (χ4v) is 6.96. The fraction of sp³-hybridized carbons (Fsp3) is 0.219. The van der Waals surface area contributed by atoms with Crippen LogP contribution in [0.2, 0.25) is 0 Å². The van der Waals surface area contributed by atoms with Crippen molar-refractivity contribution in [3.63, 3.8) is 0 Å². The summed E-state index contributed by atoms with van der Waals surface area (Å²) < 4.78 is 3.34. The number of fused-ring (bicyclic) bond motifs is 4. The average Bonchev–Trinajstić information content (AvgIpc) is 3.35. The first kappa shape index (κ1) is 27.2. The largest absolute Gasteiger partial charge is 0.860 e. The number of aromatic nitrogens is 4. The molecule has 0 N–H and O–H groups in total. The van der Waals surface area contributed by atoms with Crippen LogP contribution in [0.4, 0.5) is 4.79 Å². The highest BCUT2D eigenvalue weighted by molar-refractivity contribution is 6.20. The minimum absolute atomic E-state index is 0.314. The Balaban J connectivity index is 1.71. The lowest BCUT2D eigenvalue weighted by molar-refractivity contribution is -0.688. The monoisotopic (exact) mass is 590 g/mol. The Bertz CT molecular complexity index is 2210. The van der Waals surface area contributed by atoms with Gasteiger partial charge in [-0.2, -0.15) is 4.57 Å². The van der Waals surface area contributed by atoms with Crippen LogP contribution >= 0.6 is 0 Å². The van der Waals surface area contributed by atoms with E-state index in [4.69, 9.17) is 4.98 Å². The van der Waals surface area contributed by atoms with E-state index in [1.54, 1.807) is 34.9 Å². The van der Waals surface area contributed by atoms with Crippen LogP contribution in [0.25, 0.3) is 21.8 Å². The molecule has 2 aromatic carbocycles. The topological polar surface area (TPSA) is 142 Å². The van der Waals surface area contributed by atoms with Crippen LogP contribution in [0.1, 0.15) is 28.9 Å². The van der Waals surface area contributed by atoms with Crippen LogP contribution in [0.3, 0.4) is 0 Å². The number of hydrogen-bond donors (Lipinski definition) is 0. The number of barbiturate groups is 1. The second kappa shape index (κ2) is 9.17. The van der Waals surface area contributed by atoms with Crippen LogP contribution < -0.4 is 20.9 Å². The van der Waals surface area contributed by atoms with E-state index in [0.717, 1.165) is 29.7 Å². The van der Waals surface area contributed by atoms with Crippen LogP contribution in [0.15, 0.2) is 82.4 Å². The summed E-state index contributed by atoms with van der Waals surface area (Å²) in [7, 11) is 5.00. The van der Waals surface area contributed by atoms with Gasteiger partial charge in [0.2, 0.25) is 17.0 Å². The van der Waals surface area contributed by atoms with Crippen molar-refractivity contribution in [2.24, 2.45) is 19.5 Å². The summed E-state index contributed by atoms with van der Waals surface area (Å²) in [5.41, 5.74) is -2.61. The molecule has 4 amide bonds. The second-order valence-corrected chi connectivity index (χ2v) is 11.3. The highest BCUT2D eigenvalue weighted by Gasteiger charge is 2.75. The van der Waals surface area contributed by atoms with Crippen LogP contribution in [-0.2, 0) is 23.7 Å². The lowest BCUT2D eigenvalue weighted by Crippen LogP contribution is -2.67. The Morgan fingerprint density at radius 3 is 2.07 bits per heavy atom. The summed E-state index contributed by atoms with van der Waals surface area (Å²) >= 11 is 0. The first-order valence-corrected chi connectivity index (χ1v) is 13.9. The first-order valence-electron chi connectivity index (χ1n) is 13.9. The number of amides is 4. The molecule has 12 nitrogen and oxygen atoms in total. The fourth-order valence-electron chi connectivity index (χ4n) is 6.96. The number of benzene rings is 2. The highest BCUT2D eigenvalue weighted by Crippen LogP contribution is 2.57. The zero-order chi connectivity index (χ0) is 31.2. The maximum absolute atomic E-state index is 14.7. The lowest BCUT2D eigenvalue weighted by atomic mass is 9.65. The molecule has 3 aromatic heterocycles. The molecular weight excluding hydrogens is 564 g/mol. The van der Waals surface area contributed by atoms with Crippen molar-refractivity contribution in [3.05, 3.63) is 111 Å². The van der Waals surface area contributed by atoms with E-state index in [0.29, 0.717) is 22.4 Å². The van der Waals surface area contributed by atoms with Gasteiger partial charge in [0, 0.05) is 56.7 Å². The van der Waals surface area contributed by atoms with Gasteiger partial charge in [0.1, 0.15) is 11.6 Å². The maximum Gasteiger partial charge on any atom is 0.332 e. The Morgan fingerprint density at radius 1 is 0.750 bits per heavy atom. The molecule has 0 bridgehead atoms. The van der Waals surface area contributed by atoms with Crippen molar-refractivity contribution in [2.45, 2.75) is 12.0 Å². The van der Waals surface area contributed by atoms with E-state index in [2.05, 4.69) is 0 Å². The minimum atomic E-state index is -2.24. The number of pyridine rings is 2. The molecule has 2 aliphatic rings. The minimum Gasteiger partial charge on any atom is -0.860 e. The quantitative estimate of drug-likeness (QED) is 0.220. The van der Waals surface area contributed by atoms with E-state index in [1.807, 2.05) is 42.5 Å². The predicted molar refractivity (Wildman–Crippen MR) is 156 cm³/mol. The number of nitrogens with zero attached hydrogens (tertiary/aromatic N) is 6. The standard InChI is InChI=1S/C32H26N6O6/c1-34-26(39)23(27(40)35(2)30(34)43)24-22-16-14-18-10-6-8-12-21(18)38(22)25(20-15-13-17-9-5-7-11-19(17)33-20)32(24)28(41)36(3)31(44)37(4)29(32)42/h5-16,24-25H,1-4H3. The van der Waals surface area contributed by atoms with Gasteiger partial charge >= 0.3 is 11.7 Å². The van der Waals surface area contributed by atoms with Gasteiger partial charge in [0.15, 0.2) is 5.69 Å². The normalized spacial score (nSPS) is 19.4. The number of hydrogen-bond acceptors (Lipinski definition) is 7. The molecular formula is C32H26N6O6. The number of carbonyl (C=O) groups is 3. The molecule has 0 aliphatic carbocycles. The van der Waals surface area contributed by atoms with Crippen LogP contribution in [0, 0.1) is 5.41 Å². The van der Waals surface area contributed by atoms with Gasteiger partial charge in [0.05, 0.1) is 5.52 Å². The summed E-state index contributed by atoms with van der Waals surface area (Å²) in [5.74, 6) is -4.20. The third-order valence-corrected chi connectivity index (χ3v) is 9.07. The molecule has 44 heavy (non-hydrogen) atoms. The molecule has 220 valence electrons. The van der Waals surface area contributed by atoms with Crippen molar-refractivity contribution in [1.82, 2.24) is 23.9 Å². The van der Waals surface area contributed by atoms with Crippen LogP contribution in [-0.4, -0.2) is 55.9 Å². The van der Waals surface area contributed by atoms with Crippen LogP contribution in [0.5, 0.6) is 5.88 Å². The predicted octanol–water partition coefficient (Wildman–Crippen LogP) is 0.918. The van der Waals surface area contributed by atoms with Gasteiger partial charge in [-0.15, -0.1) is 0 Å². The SMILES string of the molecule is CN1C(=O)N(C)C(=O)C2(C1=O)C(c1c([O-])n(C)c(=O)n(C)c1=O)c1ccc3ccccc3[n+]1C2c1ccc2ccccc2n1. The molecule has 1 spiro atoms. The zero-order valence-corrected chi connectivity index (χ0v) is 24.2. The summed E-state index contributed by atoms with van der Waals surface area (Å²) in [6.07, 6.45) is 0. The molecule has 1 saturated heterocycles. The van der Waals surface area contributed by atoms with E-state index >= 15 is 0 Å². The third kappa shape index (κ3) is 3.24. The Labute approximate surface area is 249 Å². The third-order valence-electron chi connectivity index (χ3n) is 9.07. The summed E-state index contributed by atoms with van der Waals surface area (Å²) in [6.45, 7) is 0. The molecule has 5 aromatic rings. The van der Waals surface area contributed by atoms with Gasteiger partial charge < -0.3 is 9.67 Å². The van der Waals surface area contributed by atoms with E-state index in [-0.39, 0.29) is 0 Å².